The average molecular weight is 457 g/mol. The Bertz CT molecular complexity index is 1110. The lowest BCUT2D eigenvalue weighted by atomic mass is 10.0. The van der Waals surface area contributed by atoms with Gasteiger partial charge in [0, 0.05) is 18.1 Å². The van der Waals surface area contributed by atoms with E-state index in [-0.39, 0.29) is 19.2 Å². The summed E-state index contributed by atoms with van der Waals surface area (Å²) in [4.78, 5) is 23.2. The summed E-state index contributed by atoms with van der Waals surface area (Å²) in [7, 11) is 0. The van der Waals surface area contributed by atoms with Gasteiger partial charge >= 0.3 is 11.9 Å². The van der Waals surface area contributed by atoms with Crippen LogP contribution < -0.4 is 4.74 Å². The zero-order valence-corrected chi connectivity index (χ0v) is 19.2. The first-order valence-electron chi connectivity index (χ1n) is 11.1. The number of carbonyl (C=O) groups is 2. The van der Waals surface area contributed by atoms with Gasteiger partial charge in [-0.15, -0.1) is 0 Å². The molecule has 0 spiro atoms. The van der Waals surface area contributed by atoms with E-state index in [0.29, 0.717) is 24.4 Å². The third-order valence-corrected chi connectivity index (χ3v) is 4.92. The van der Waals surface area contributed by atoms with Crippen molar-refractivity contribution in [2.45, 2.75) is 13.3 Å². The standard InChI is InChI=1S/C29H28O5/c1-22(2)29(31)34-19-18-24-8-11-25(12-9-24)26-13-15-27(16-14-26)32-20-21-33-28(30)17-10-23-6-4-3-5-7-23/h3-17H,1,18-21H2,2H3/b17-10+. The molecule has 0 fully saturated rings. The molecule has 0 atom stereocenters. The maximum Gasteiger partial charge on any atom is 0.333 e. The molecule has 0 N–H and O–H groups in total. The number of carbonyl (C=O) groups excluding carboxylic acids is 2. The zero-order valence-electron chi connectivity index (χ0n) is 19.2. The molecule has 0 saturated heterocycles. The van der Waals surface area contributed by atoms with Gasteiger partial charge in [0.05, 0.1) is 6.61 Å². The van der Waals surface area contributed by atoms with Gasteiger partial charge < -0.3 is 14.2 Å². The van der Waals surface area contributed by atoms with E-state index in [0.717, 1.165) is 22.3 Å². The van der Waals surface area contributed by atoms with E-state index in [1.54, 1.807) is 13.0 Å². The first kappa shape index (κ1) is 24.5. The predicted molar refractivity (Wildman–Crippen MR) is 133 cm³/mol. The highest BCUT2D eigenvalue weighted by Crippen LogP contribution is 2.23. The van der Waals surface area contributed by atoms with E-state index in [1.807, 2.05) is 78.9 Å². The van der Waals surface area contributed by atoms with Crippen molar-refractivity contribution in [3.05, 3.63) is 108 Å². The molecule has 0 aliphatic carbocycles. The second-order valence-corrected chi connectivity index (χ2v) is 7.65. The lowest BCUT2D eigenvalue weighted by Crippen LogP contribution is -2.10. The van der Waals surface area contributed by atoms with Gasteiger partial charge in [-0.25, -0.2) is 9.59 Å². The van der Waals surface area contributed by atoms with Crippen molar-refractivity contribution in [1.29, 1.82) is 0 Å². The molecule has 0 aliphatic rings. The van der Waals surface area contributed by atoms with Crippen LogP contribution >= 0.6 is 0 Å². The van der Waals surface area contributed by atoms with Crippen molar-refractivity contribution in [3.8, 4) is 16.9 Å². The Hall–Kier alpha value is -4.12. The van der Waals surface area contributed by atoms with E-state index >= 15 is 0 Å². The highest BCUT2D eigenvalue weighted by atomic mass is 16.6. The number of ether oxygens (including phenoxy) is 3. The summed E-state index contributed by atoms with van der Waals surface area (Å²) in [6, 6.07) is 25.4. The average Bonchev–Trinajstić information content (AvgIpc) is 2.86. The Kier molecular flexibility index (Phi) is 9.23. The summed E-state index contributed by atoms with van der Waals surface area (Å²) in [5.74, 6) is -0.0622. The fourth-order valence-electron chi connectivity index (χ4n) is 3.07. The Morgan fingerprint density at radius 3 is 2.09 bits per heavy atom. The first-order valence-corrected chi connectivity index (χ1v) is 11.1. The fraction of sp³-hybridized carbons (Fsp3) is 0.172. The van der Waals surface area contributed by atoms with Gasteiger partial charge in [-0.3, -0.25) is 0 Å². The topological polar surface area (TPSA) is 61.8 Å². The molecule has 5 nitrogen and oxygen atoms in total. The van der Waals surface area contributed by atoms with Crippen molar-refractivity contribution in [1.82, 2.24) is 0 Å². The van der Waals surface area contributed by atoms with Crippen molar-refractivity contribution < 1.29 is 23.8 Å². The molecule has 0 aliphatic heterocycles. The quantitative estimate of drug-likeness (QED) is 0.212. The SMILES string of the molecule is C=C(C)C(=O)OCCc1ccc(-c2ccc(OCCOC(=O)/C=C/c3ccccc3)cc2)cc1. The van der Waals surface area contributed by atoms with Crippen LogP contribution in [0.1, 0.15) is 18.1 Å². The number of rotatable bonds is 11. The molecule has 34 heavy (non-hydrogen) atoms. The highest BCUT2D eigenvalue weighted by molar-refractivity contribution is 5.87. The summed E-state index contributed by atoms with van der Waals surface area (Å²) in [5.41, 5.74) is 4.57. The number of esters is 2. The van der Waals surface area contributed by atoms with E-state index in [2.05, 4.69) is 6.58 Å². The molecular weight excluding hydrogens is 428 g/mol. The number of hydrogen-bond donors (Lipinski definition) is 0. The largest absolute Gasteiger partial charge is 0.490 e. The fourth-order valence-corrected chi connectivity index (χ4v) is 3.07. The normalized spacial score (nSPS) is 10.6. The molecule has 174 valence electrons. The summed E-state index contributed by atoms with van der Waals surface area (Å²) >= 11 is 0. The van der Waals surface area contributed by atoms with Gasteiger partial charge in [-0.05, 0) is 47.4 Å². The second-order valence-electron chi connectivity index (χ2n) is 7.65. The number of hydrogen-bond acceptors (Lipinski definition) is 5. The lowest BCUT2D eigenvalue weighted by Gasteiger charge is -2.09. The maximum absolute atomic E-state index is 11.8. The van der Waals surface area contributed by atoms with Gasteiger partial charge in [-0.1, -0.05) is 73.3 Å². The van der Waals surface area contributed by atoms with Crippen LogP contribution in [0.15, 0.2) is 97.1 Å². The van der Waals surface area contributed by atoms with Crippen molar-refractivity contribution in [3.63, 3.8) is 0 Å². The van der Waals surface area contributed by atoms with Crippen molar-refractivity contribution in [2.75, 3.05) is 19.8 Å². The van der Waals surface area contributed by atoms with E-state index in [1.165, 1.54) is 6.08 Å². The molecule has 3 aromatic rings. The maximum atomic E-state index is 11.8. The Balaban J connectivity index is 1.39. The Morgan fingerprint density at radius 1 is 0.794 bits per heavy atom. The first-order chi connectivity index (χ1) is 16.5. The van der Waals surface area contributed by atoms with E-state index < -0.39 is 5.97 Å². The number of benzene rings is 3. The monoisotopic (exact) mass is 456 g/mol. The molecular formula is C29H28O5. The molecule has 5 heteroatoms. The second kappa shape index (κ2) is 12.8. The summed E-state index contributed by atoms with van der Waals surface area (Å²) in [6.07, 6.45) is 3.77. The predicted octanol–water partition coefficient (Wildman–Crippen LogP) is 5.65. The van der Waals surface area contributed by atoms with Crippen LogP contribution in [0.25, 0.3) is 17.2 Å². The van der Waals surface area contributed by atoms with E-state index in [4.69, 9.17) is 14.2 Å². The lowest BCUT2D eigenvalue weighted by molar-refractivity contribution is -0.139. The van der Waals surface area contributed by atoms with Crippen LogP contribution in [0.4, 0.5) is 0 Å². The van der Waals surface area contributed by atoms with Gasteiger partial charge in [0.25, 0.3) is 0 Å². The smallest absolute Gasteiger partial charge is 0.333 e. The minimum atomic E-state index is -0.403. The minimum Gasteiger partial charge on any atom is -0.490 e. The molecule has 0 amide bonds. The molecule has 3 rings (SSSR count). The summed E-state index contributed by atoms with van der Waals surface area (Å²) in [6.45, 7) is 5.97. The van der Waals surface area contributed by atoms with Gasteiger partial charge in [0.2, 0.25) is 0 Å². The van der Waals surface area contributed by atoms with Crippen molar-refractivity contribution in [2.24, 2.45) is 0 Å². The van der Waals surface area contributed by atoms with Crippen LogP contribution in [0, 0.1) is 0 Å². The van der Waals surface area contributed by atoms with Crippen LogP contribution in [0.2, 0.25) is 0 Å². The summed E-state index contributed by atoms with van der Waals surface area (Å²) < 4.78 is 16.0. The van der Waals surface area contributed by atoms with Gasteiger partial charge in [-0.2, -0.15) is 0 Å². The molecule has 0 radical (unpaired) electrons. The zero-order chi connectivity index (χ0) is 24.2. The molecule has 0 saturated carbocycles. The minimum absolute atomic E-state index is 0.169. The Labute approximate surface area is 200 Å². The molecule has 0 unspecified atom stereocenters. The molecule has 0 bridgehead atoms. The third kappa shape index (κ3) is 8.10. The van der Waals surface area contributed by atoms with E-state index in [9.17, 15) is 9.59 Å². The molecule has 0 aromatic heterocycles. The molecule has 3 aromatic carbocycles. The van der Waals surface area contributed by atoms with Crippen LogP contribution in [0.3, 0.4) is 0 Å². The van der Waals surface area contributed by atoms with Gasteiger partial charge in [0.1, 0.15) is 19.0 Å². The summed E-state index contributed by atoms with van der Waals surface area (Å²) in [5, 5.41) is 0. The Morgan fingerprint density at radius 2 is 1.44 bits per heavy atom. The van der Waals surface area contributed by atoms with Crippen LogP contribution in [-0.2, 0) is 25.5 Å². The van der Waals surface area contributed by atoms with Gasteiger partial charge in [0.15, 0.2) is 0 Å². The van der Waals surface area contributed by atoms with Crippen molar-refractivity contribution >= 4 is 18.0 Å². The van der Waals surface area contributed by atoms with Crippen LogP contribution in [0.5, 0.6) is 5.75 Å². The third-order valence-electron chi connectivity index (χ3n) is 4.92. The van der Waals surface area contributed by atoms with Crippen LogP contribution in [-0.4, -0.2) is 31.8 Å². The molecule has 0 heterocycles. The highest BCUT2D eigenvalue weighted by Gasteiger charge is 2.04.